The van der Waals surface area contributed by atoms with Crippen molar-refractivity contribution in [3.63, 3.8) is 0 Å². The van der Waals surface area contributed by atoms with Crippen LogP contribution in [0.4, 0.5) is 5.69 Å². The minimum atomic E-state index is 0.0814. The second-order valence-electron chi connectivity index (χ2n) is 3.81. The van der Waals surface area contributed by atoms with Gasteiger partial charge in [0.05, 0.1) is 19.0 Å². The van der Waals surface area contributed by atoms with E-state index < -0.39 is 0 Å². The van der Waals surface area contributed by atoms with Gasteiger partial charge >= 0.3 is 0 Å². The summed E-state index contributed by atoms with van der Waals surface area (Å²) < 4.78 is 4.96. The van der Waals surface area contributed by atoms with Crippen molar-refractivity contribution in [1.82, 2.24) is 0 Å². The van der Waals surface area contributed by atoms with Gasteiger partial charge in [-0.15, -0.1) is 0 Å². The van der Waals surface area contributed by atoms with Crippen LogP contribution in [-0.4, -0.2) is 18.4 Å². The molecule has 0 aromatic heterocycles. The van der Waals surface area contributed by atoms with Gasteiger partial charge in [0.2, 0.25) is 0 Å². The largest absolute Gasteiger partial charge is 0.504 e. The van der Waals surface area contributed by atoms with Gasteiger partial charge in [-0.05, 0) is 48.0 Å². The van der Waals surface area contributed by atoms with E-state index >= 15 is 0 Å². The molecule has 2 N–H and O–H groups in total. The molecule has 2 rings (SSSR count). The summed E-state index contributed by atoms with van der Waals surface area (Å²) in [5.74, 6) is 0.515. The molecule has 0 amide bonds. The van der Waals surface area contributed by atoms with Crippen LogP contribution in [0.1, 0.15) is 5.56 Å². The predicted molar refractivity (Wildman–Crippen MR) is 77.3 cm³/mol. The highest BCUT2D eigenvalue weighted by atomic mass is 35.5. The van der Waals surface area contributed by atoms with E-state index in [9.17, 15) is 5.11 Å². The van der Waals surface area contributed by atoms with Crippen LogP contribution in [-0.2, 0) is 0 Å². The van der Waals surface area contributed by atoms with Gasteiger partial charge in [0.1, 0.15) is 0 Å². The summed E-state index contributed by atoms with van der Waals surface area (Å²) in [6.45, 7) is 0. The van der Waals surface area contributed by atoms with Crippen LogP contribution >= 0.6 is 11.6 Å². The zero-order chi connectivity index (χ0) is 13.7. The Kier molecular flexibility index (Phi) is 4.26. The third kappa shape index (κ3) is 3.63. The van der Waals surface area contributed by atoms with Gasteiger partial charge in [-0.3, -0.25) is 5.43 Å². The first-order chi connectivity index (χ1) is 9.19. The van der Waals surface area contributed by atoms with Crippen molar-refractivity contribution in [2.75, 3.05) is 12.5 Å². The quantitative estimate of drug-likeness (QED) is 0.664. The molecular formula is C14H13ClN2O2. The van der Waals surface area contributed by atoms with Crippen molar-refractivity contribution >= 4 is 23.5 Å². The van der Waals surface area contributed by atoms with Crippen LogP contribution in [0.2, 0.25) is 5.02 Å². The number of nitrogens with zero attached hydrogens (tertiary/aromatic N) is 1. The zero-order valence-corrected chi connectivity index (χ0v) is 11.1. The van der Waals surface area contributed by atoms with E-state index in [0.717, 1.165) is 11.3 Å². The summed E-state index contributed by atoms with van der Waals surface area (Å²) in [5, 5.41) is 14.4. The molecule has 0 aliphatic heterocycles. The molecule has 2 aromatic carbocycles. The third-order valence-electron chi connectivity index (χ3n) is 2.45. The van der Waals surface area contributed by atoms with Gasteiger partial charge in [0.25, 0.3) is 0 Å². The molecular weight excluding hydrogens is 264 g/mol. The molecule has 0 saturated carbocycles. The Hall–Kier alpha value is -2.20. The first-order valence-corrected chi connectivity index (χ1v) is 5.98. The lowest BCUT2D eigenvalue weighted by Gasteiger charge is -2.03. The number of nitrogens with one attached hydrogen (secondary N) is 1. The highest BCUT2D eigenvalue weighted by Gasteiger charge is 2.00. The first-order valence-electron chi connectivity index (χ1n) is 5.60. The Morgan fingerprint density at radius 3 is 2.58 bits per heavy atom. The number of hydrogen-bond acceptors (Lipinski definition) is 4. The highest BCUT2D eigenvalue weighted by Crippen LogP contribution is 2.25. The fraction of sp³-hybridized carbons (Fsp3) is 0.0714. The topological polar surface area (TPSA) is 53.8 Å². The van der Waals surface area contributed by atoms with Gasteiger partial charge in [-0.2, -0.15) is 5.10 Å². The molecule has 2 aromatic rings. The first kappa shape index (κ1) is 13.2. The fourth-order valence-electron chi connectivity index (χ4n) is 1.49. The van der Waals surface area contributed by atoms with Crippen molar-refractivity contribution in [3.8, 4) is 11.5 Å². The molecule has 0 radical (unpaired) electrons. The summed E-state index contributed by atoms with van der Waals surface area (Å²) in [5.41, 5.74) is 4.46. The number of aromatic hydroxyl groups is 1. The predicted octanol–water partition coefficient (Wildman–Crippen LogP) is 3.50. The molecule has 0 spiro atoms. The van der Waals surface area contributed by atoms with Crippen LogP contribution in [0.15, 0.2) is 47.6 Å². The molecule has 4 nitrogen and oxygen atoms in total. The SMILES string of the molecule is COc1ccc(C=NNc2ccc(Cl)cc2)cc1O. The van der Waals surface area contributed by atoms with E-state index in [4.69, 9.17) is 16.3 Å². The average Bonchev–Trinajstić information content (AvgIpc) is 2.41. The van der Waals surface area contributed by atoms with Gasteiger partial charge in [-0.1, -0.05) is 11.6 Å². The second kappa shape index (κ2) is 6.11. The molecule has 0 unspecified atom stereocenters. The molecule has 0 fully saturated rings. The lowest BCUT2D eigenvalue weighted by Crippen LogP contribution is -1.91. The molecule has 0 aliphatic rings. The molecule has 0 atom stereocenters. The van der Waals surface area contributed by atoms with E-state index in [1.807, 2.05) is 12.1 Å². The maximum absolute atomic E-state index is 9.62. The fourth-order valence-corrected chi connectivity index (χ4v) is 1.62. The Morgan fingerprint density at radius 1 is 1.21 bits per heavy atom. The van der Waals surface area contributed by atoms with Crippen molar-refractivity contribution in [2.45, 2.75) is 0 Å². The number of phenolic OH excluding ortho intramolecular Hbond substituents is 1. The van der Waals surface area contributed by atoms with Crippen LogP contribution < -0.4 is 10.2 Å². The van der Waals surface area contributed by atoms with Gasteiger partial charge in [0.15, 0.2) is 11.5 Å². The number of phenols is 1. The summed E-state index contributed by atoms with van der Waals surface area (Å²) in [4.78, 5) is 0. The highest BCUT2D eigenvalue weighted by molar-refractivity contribution is 6.30. The maximum Gasteiger partial charge on any atom is 0.160 e. The van der Waals surface area contributed by atoms with Crippen molar-refractivity contribution < 1.29 is 9.84 Å². The van der Waals surface area contributed by atoms with Gasteiger partial charge in [-0.25, -0.2) is 0 Å². The minimum absolute atomic E-state index is 0.0814. The molecule has 98 valence electrons. The Balaban J connectivity index is 2.02. The number of halogens is 1. The van der Waals surface area contributed by atoms with Crippen molar-refractivity contribution in [3.05, 3.63) is 53.1 Å². The van der Waals surface area contributed by atoms with Gasteiger partial charge < -0.3 is 9.84 Å². The van der Waals surface area contributed by atoms with Gasteiger partial charge in [0, 0.05) is 5.02 Å². The van der Waals surface area contributed by atoms with E-state index in [-0.39, 0.29) is 5.75 Å². The van der Waals surface area contributed by atoms with Crippen LogP contribution in [0.5, 0.6) is 11.5 Å². The number of rotatable bonds is 4. The lowest BCUT2D eigenvalue weighted by atomic mass is 10.2. The minimum Gasteiger partial charge on any atom is -0.504 e. The molecule has 0 saturated heterocycles. The number of ether oxygens (including phenoxy) is 1. The van der Waals surface area contributed by atoms with E-state index in [1.54, 1.807) is 36.5 Å². The average molecular weight is 277 g/mol. The molecule has 19 heavy (non-hydrogen) atoms. The molecule has 0 aliphatic carbocycles. The van der Waals surface area contributed by atoms with E-state index in [1.165, 1.54) is 7.11 Å². The summed E-state index contributed by atoms with van der Waals surface area (Å²) >= 11 is 5.78. The smallest absolute Gasteiger partial charge is 0.160 e. The zero-order valence-electron chi connectivity index (χ0n) is 10.3. The summed E-state index contributed by atoms with van der Waals surface area (Å²) in [7, 11) is 1.50. The van der Waals surface area contributed by atoms with Crippen LogP contribution in [0.3, 0.4) is 0 Å². The normalized spacial score (nSPS) is 10.6. The third-order valence-corrected chi connectivity index (χ3v) is 2.71. The summed E-state index contributed by atoms with van der Waals surface area (Å²) in [6, 6.07) is 12.3. The molecule has 0 heterocycles. The van der Waals surface area contributed by atoms with Crippen LogP contribution in [0.25, 0.3) is 0 Å². The molecule has 5 heteroatoms. The molecule has 0 bridgehead atoms. The summed E-state index contributed by atoms with van der Waals surface area (Å²) in [6.07, 6.45) is 1.60. The Labute approximate surface area is 116 Å². The number of hydrazone groups is 1. The Bertz CT molecular complexity index is 582. The van der Waals surface area contributed by atoms with E-state index in [2.05, 4.69) is 10.5 Å². The monoisotopic (exact) mass is 276 g/mol. The number of methoxy groups -OCH3 is 1. The Morgan fingerprint density at radius 2 is 1.95 bits per heavy atom. The number of benzene rings is 2. The van der Waals surface area contributed by atoms with Crippen molar-refractivity contribution in [1.29, 1.82) is 0 Å². The number of hydrogen-bond donors (Lipinski definition) is 2. The lowest BCUT2D eigenvalue weighted by molar-refractivity contribution is 0.373. The van der Waals surface area contributed by atoms with Crippen molar-refractivity contribution in [2.24, 2.45) is 5.10 Å². The maximum atomic E-state index is 9.62. The number of anilines is 1. The second-order valence-corrected chi connectivity index (χ2v) is 4.24. The van der Waals surface area contributed by atoms with Crippen LogP contribution in [0, 0.1) is 0 Å². The standard InChI is InChI=1S/C14H13ClN2O2/c1-19-14-7-2-10(8-13(14)18)9-16-17-12-5-3-11(15)4-6-12/h2-9,17-18H,1H3. The van der Waals surface area contributed by atoms with E-state index in [0.29, 0.717) is 10.8 Å².